The predicted octanol–water partition coefficient (Wildman–Crippen LogP) is 5.16. The minimum absolute atomic E-state index is 0.115. The first-order chi connectivity index (χ1) is 17.7. The number of ether oxygens (including phenoxy) is 1. The number of benzene rings is 2. The summed E-state index contributed by atoms with van der Waals surface area (Å²) in [5.41, 5.74) is 0.728. The van der Waals surface area contributed by atoms with E-state index in [4.69, 9.17) is 4.74 Å². The van der Waals surface area contributed by atoms with E-state index in [9.17, 15) is 22.4 Å². The van der Waals surface area contributed by atoms with E-state index >= 15 is 0 Å². The standard InChI is InChI=1S/C25H20F4N6O2/c1-2-37-22-20(26)11-14(13-30-22)18-8-7-17(12-19(18)21-32-34-35-33-21)31-23(36)24(9-10-24)15-3-5-16(6-4-15)25(27,28)29/h3-8,11-13H,2,9-10H2,1H3,(H,31,36)(H,32,33,34,35). The zero-order valence-corrected chi connectivity index (χ0v) is 19.4. The molecule has 0 unspecified atom stereocenters. The molecular weight excluding hydrogens is 492 g/mol. The van der Waals surface area contributed by atoms with Crippen LogP contribution in [0.25, 0.3) is 22.5 Å². The number of carbonyl (C=O) groups is 1. The summed E-state index contributed by atoms with van der Waals surface area (Å²) in [4.78, 5) is 17.3. The number of carbonyl (C=O) groups excluding carboxylic acids is 1. The number of amides is 1. The maximum atomic E-state index is 14.5. The number of halogens is 4. The van der Waals surface area contributed by atoms with E-state index in [1.54, 1.807) is 25.1 Å². The van der Waals surface area contributed by atoms with E-state index in [-0.39, 0.29) is 24.2 Å². The van der Waals surface area contributed by atoms with Gasteiger partial charge in [-0.2, -0.15) is 13.2 Å². The molecule has 0 bridgehead atoms. The minimum Gasteiger partial charge on any atom is -0.476 e. The number of pyridine rings is 1. The summed E-state index contributed by atoms with van der Waals surface area (Å²) >= 11 is 0. The van der Waals surface area contributed by atoms with Gasteiger partial charge in [-0.05, 0) is 71.7 Å². The second-order valence-corrected chi connectivity index (χ2v) is 8.57. The zero-order chi connectivity index (χ0) is 26.2. The van der Waals surface area contributed by atoms with E-state index in [1.807, 2.05) is 0 Å². The molecule has 2 aromatic carbocycles. The van der Waals surface area contributed by atoms with Crippen molar-refractivity contribution >= 4 is 11.6 Å². The van der Waals surface area contributed by atoms with Crippen molar-refractivity contribution in [1.82, 2.24) is 25.6 Å². The van der Waals surface area contributed by atoms with Gasteiger partial charge in [-0.25, -0.2) is 14.5 Å². The summed E-state index contributed by atoms with van der Waals surface area (Å²) in [6.07, 6.45) is -1.97. The number of tetrazole rings is 1. The van der Waals surface area contributed by atoms with Crippen LogP contribution in [0.15, 0.2) is 54.7 Å². The highest BCUT2D eigenvalue weighted by Gasteiger charge is 2.51. The second-order valence-electron chi connectivity index (χ2n) is 8.57. The smallest absolute Gasteiger partial charge is 0.416 e. The average molecular weight is 512 g/mol. The van der Waals surface area contributed by atoms with Gasteiger partial charge in [-0.3, -0.25) is 4.79 Å². The monoisotopic (exact) mass is 512 g/mol. The molecule has 1 saturated carbocycles. The molecule has 12 heteroatoms. The molecule has 0 saturated heterocycles. The van der Waals surface area contributed by atoms with Crippen molar-refractivity contribution in [3.8, 4) is 28.4 Å². The fourth-order valence-corrected chi connectivity index (χ4v) is 4.16. The largest absolute Gasteiger partial charge is 0.476 e. The van der Waals surface area contributed by atoms with Crippen LogP contribution in [0.5, 0.6) is 5.88 Å². The van der Waals surface area contributed by atoms with Crippen molar-refractivity contribution in [2.45, 2.75) is 31.4 Å². The van der Waals surface area contributed by atoms with Gasteiger partial charge in [0.1, 0.15) is 0 Å². The summed E-state index contributed by atoms with van der Waals surface area (Å²) in [6, 6.07) is 10.9. The zero-order valence-electron chi connectivity index (χ0n) is 19.4. The lowest BCUT2D eigenvalue weighted by Crippen LogP contribution is -2.28. The summed E-state index contributed by atoms with van der Waals surface area (Å²) in [7, 11) is 0. The molecule has 0 aliphatic heterocycles. The molecule has 1 aliphatic carbocycles. The number of nitrogens with zero attached hydrogens (tertiary/aromatic N) is 4. The highest BCUT2D eigenvalue weighted by Crippen LogP contribution is 2.49. The highest BCUT2D eigenvalue weighted by molar-refractivity contribution is 6.02. The molecule has 0 atom stereocenters. The predicted molar refractivity (Wildman–Crippen MR) is 125 cm³/mol. The second kappa shape index (κ2) is 9.26. The van der Waals surface area contributed by atoms with E-state index < -0.39 is 23.0 Å². The van der Waals surface area contributed by atoms with Gasteiger partial charge in [-0.1, -0.05) is 18.2 Å². The van der Waals surface area contributed by atoms with Crippen LogP contribution < -0.4 is 10.1 Å². The van der Waals surface area contributed by atoms with Crippen molar-refractivity contribution in [2.75, 3.05) is 11.9 Å². The molecule has 190 valence electrons. The molecule has 1 fully saturated rings. The maximum absolute atomic E-state index is 14.5. The third-order valence-electron chi connectivity index (χ3n) is 6.23. The number of aromatic amines is 1. The maximum Gasteiger partial charge on any atom is 0.416 e. The normalized spacial score (nSPS) is 14.3. The van der Waals surface area contributed by atoms with Crippen LogP contribution in [0.4, 0.5) is 23.2 Å². The summed E-state index contributed by atoms with van der Waals surface area (Å²) in [5.74, 6) is -0.804. The lowest BCUT2D eigenvalue weighted by molar-refractivity contribution is -0.137. The lowest BCUT2D eigenvalue weighted by Gasteiger charge is -2.18. The van der Waals surface area contributed by atoms with Crippen LogP contribution in [-0.2, 0) is 16.4 Å². The Morgan fingerprint density at radius 3 is 2.46 bits per heavy atom. The van der Waals surface area contributed by atoms with Crippen molar-refractivity contribution in [3.05, 3.63) is 71.7 Å². The molecule has 2 aromatic heterocycles. The van der Waals surface area contributed by atoms with E-state index in [0.29, 0.717) is 40.8 Å². The molecule has 1 amide bonds. The molecule has 2 N–H and O–H groups in total. The van der Waals surface area contributed by atoms with Crippen molar-refractivity contribution < 1.29 is 27.1 Å². The third kappa shape index (κ3) is 4.74. The first-order valence-electron chi connectivity index (χ1n) is 11.4. The Balaban J connectivity index is 1.44. The Morgan fingerprint density at radius 1 is 1.11 bits per heavy atom. The number of alkyl halides is 3. The number of hydrogen-bond donors (Lipinski definition) is 2. The number of anilines is 1. The molecule has 1 aliphatic rings. The Bertz CT molecular complexity index is 1430. The topological polar surface area (TPSA) is 106 Å². The lowest BCUT2D eigenvalue weighted by atomic mass is 9.93. The Morgan fingerprint density at radius 2 is 1.86 bits per heavy atom. The molecular formula is C25H20F4N6O2. The fourth-order valence-electron chi connectivity index (χ4n) is 4.16. The van der Waals surface area contributed by atoms with Gasteiger partial charge >= 0.3 is 6.18 Å². The number of aromatic nitrogens is 5. The Kier molecular flexibility index (Phi) is 6.10. The van der Waals surface area contributed by atoms with Crippen LogP contribution in [0, 0.1) is 5.82 Å². The Labute approximate surface area is 208 Å². The van der Waals surface area contributed by atoms with Gasteiger partial charge in [0.2, 0.25) is 11.8 Å². The first kappa shape index (κ1) is 24.3. The van der Waals surface area contributed by atoms with Gasteiger partial charge in [0, 0.05) is 23.0 Å². The molecule has 0 spiro atoms. The molecule has 37 heavy (non-hydrogen) atoms. The number of nitrogens with one attached hydrogen (secondary N) is 2. The SMILES string of the molecule is CCOc1ncc(-c2ccc(NC(=O)C3(c4ccc(C(F)(F)F)cc4)CC3)cc2-c2nnn[nH]2)cc1F. The summed E-state index contributed by atoms with van der Waals surface area (Å²) in [5, 5.41) is 16.6. The minimum atomic E-state index is -4.45. The molecule has 2 heterocycles. The van der Waals surface area contributed by atoms with Gasteiger partial charge in [0.25, 0.3) is 0 Å². The number of hydrogen-bond acceptors (Lipinski definition) is 6. The third-order valence-corrected chi connectivity index (χ3v) is 6.23. The Hall–Kier alpha value is -4.35. The van der Waals surface area contributed by atoms with Crippen LogP contribution in [0.1, 0.15) is 30.9 Å². The molecule has 0 radical (unpaired) electrons. The van der Waals surface area contributed by atoms with Crippen LogP contribution in [0.2, 0.25) is 0 Å². The van der Waals surface area contributed by atoms with Crippen molar-refractivity contribution in [2.24, 2.45) is 0 Å². The number of H-pyrrole nitrogens is 1. The van der Waals surface area contributed by atoms with E-state index in [1.165, 1.54) is 24.4 Å². The van der Waals surface area contributed by atoms with Crippen LogP contribution in [-0.4, -0.2) is 38.1 Å². The quantitative estimate of drug-likeness (QED) is 0.332. The highest BCUT2D eigenvalue weighted by atomic mass is 19.4. The van der Waals surface area contributed by atoms with Crippen molar-refractivity contribution in [1.29, 1.82) is 0 Å². The fraction of sp³-hybridized carbons (Fsp3) is 0.240. The van der Waals surface area contributed by atoms with Gasteiger partial charge in [0.15, 0.2) is 11.6 Å². The molecule has 5 rings (SSSR count). The van der Waals surface area contributed by atoms with Gasteiger partial charge in [-0.15, -0.1) is 5.10 Å². The van der Waals surface area contributed by atoms with Crippen LogP contribution >= 0.6 is 0 Å². The van der Waals surface area contributed by atoms with Crippen LogP contribution in [0.3, 0.4) is 0 Å². The van der Waals surface area contributed by atoms with E-state index in [0.717, 1.165) is 12.1 Å². The van der Waals surface area contributed by atoms with Gasteiger partial charge < -0.3 is 10.1 Å². The summed E-state index contributed by atoms with van der Waals surface area (Å²) < 4.78 is 58.5. The first-order valence-corrected chi connectivity index (χ1v) is 11.4. The average Bonchev–Trinajstić information content (AvgIpc) is 3.51. The van der Waals surface area contributed by atoms with Crippen molar-refractivity contribution in [3.63, 3.8) is 0 Å². The summed E-state index contributed by atoms with van der Waals surface area (Å²) in [6.45, 7) is 1.99. The van der Waals surface area contributed by atoms with Gasteiger partial charge in [0.05, 0.1) is 17.6 Å². The molecule has 4 aromatic rings. The van der Waals surface area contributed by atoms with E-state index in [2.05, 4.69) is 30.9 Å². The number of rotatable bonds is 7. The molecule has 8 nitrogen and oxygen atoms in total.